The van der Waals surface area contributed by atoms with Crippen molar-refractivity contribution in [2.24, 2.45) is 0 Å². The van der Waals surface area contributed by atoms with Gasteiger partial charge < -0.3 is 5.32 Å². The highest BCUT2D eigenvalue weighted by molar-refractivity contribution is 7.11. The lowest BCUT2D eigenvalue weighted by Crippen LogP contribution is -2.18. The second kappa shape index (κ2) is 5.85. The number of nitrogens with one attached hydrogen (secondary N) is 1. The van der Waals surface area contributed by atoms with Crippen molar-refractivity contribution < 1.29 is 0 Å². The zero-order valence-corrected chi connectivity index (χ0v) is 12.2. The van der Waals surface area contributed by atoms with E-state index in [4.69, 9.17) is 4.98 Å². The number of nitrogens with zero attached hydrogens (tertiary/aromatic N) is 1. The van der Waals surface area contributed by atoms with E-state index in [-0.39, 0.29) is 0 Å². The van der Waals surface area contributed by atoms with Crippen LogP contribution in [0, 0.1) is 0 Å². The molecule has 2 aromatic rings. The number of aromatic nitrogens is 1. The molecule has 2 nitrogen and oxygen atoms in total. The van der Waals surface area contributed by atoms with Crippen LogP contribution in [0.5, 0.6) is 0 Å². The quantitative estimate of drug-likeness (QED) is 0.921. The number of benzene rings is 1. The molecule has 0 aliphatic heterocycles. The van der Waals surface area contributed by atoms with Gasteiger partial charge in [0.25, 0.3) is 0 Å². The summed E-state index contributed by atoms with van der Waals surface area (Å²) in [7, 11) is 2.04. The number of thiazole rings is 1. The highest BCUT2D eigenvalue weighted by atomic mass is 32.1. The molecule has 1 atom stereocenters. The molecule has 1 aromatic heterocycles. The van der Waals surface area contributed by atoms with Gasteiger partial charge >= 0.3 is 0 Å². The average molecular weight is 272 g/mol. The van der Waals surface area contributed by atoms with E-state index in [1.165, 1.54) is 46.8 Å². The van der Waals surface area contributed by atoms with E-state index in [9.17, 15) is 0 Å². The normalized spacial score (nSPS) is 16.1. The molecule has 0 radical (unpaired) electrons. The molecule has 1 heterocycles. The Hall–Kier alpha value is -1.19. The van der Waals surface area contributed by atoms with Crippen molar-refractivity contribution >= 4 is 11.3 Å². The van der Waals surface area contributed by atoms with Crippen molar-refractivity contribution in [3.8, 4) is 0 Å². The molecule has 0 saturated heterocycles. The maximum Gasteiger partial charge on any atom is 0.110 e. The van der Waals surface area contributed by atoms with Gasteiger partial charge in [-0.25, -0.2) is 4.98 Å². The van der Waals surface area contributed by atoms with E-state index in [0.29, 0.717) is 6.04 Å². The van der Waals surface area contributed by atoms with Crippen LogP contribution < -0.4 is 5.32 Å². The third-order valence-corrected chi connectivity index (χ3v) is 5.06. The molecule has 0 spiro atoms. The van der Waals surface area contributed by atoms with Crippen LogP contribution in [-0.4, -0.2) is 12.0 Å². The Kier molecular flexibility index (Phi) is 3.95. The molecule has 0 bridgehead atoms. The molecule has 1 aliphatic rings. The van der Waals surface area contributed by atoms with Crippen molar-refractivity contribution in [2.75, 3.05) is 7.05 Å². The molecule has 100 valence electrons. The van der Waals surface area contributed by atoms with Gasteiger partial charge in [0.1, 0.15) is 5.01 Å². The third kappa shape index (κ3) is 2.88. The van der Waals surface area contributed by atoms with Crippen LogP contribution in [0.3, 0.4) is 0 Å². The van der Waals surface area contributed by atoms with Crippen LogP contribution in [0.25, 0.3) is 0 Å². The Morgan fingerprint density at radius 1 is 1.21 bits per heavy atom. The molecule has 3 rings (SSSR count). The molecule has 1 unspecified atom stereocenters. The Labute approximate surface area is 118 Å². The predicted molar refractivity (Wildman–Crippen MR) is 80.7 cm³/mol. The van der Waals surface area contributed by atoms with Gasteiger partial charge in [0.05, 0.1) is 11.7 Å². The number of rotatable bonds is 4. The van der Waals surface area contributed by atoms with Gasteiger partial charge in [0, 0.05) is 4.88 Å². The molecule has 1 aromatic carbocycles. The van der Waals surface area contributed by atoms with Crippen molar-refractivity contribution in [1.82, 2.24) is 10.3 Å². The fourth-order valence-electron chi connectivity index (χ4n) is 2.68. The van der Waals surface area contributed by atoms with Gasteiger partial charge in [0.15, 0.2) is 0 Å². The highest BCUT2D eigenvalue weighted by Crippen LogP contribution is 2.30. The summed E-state index contributed by atoms with van der Waals surface area (Å²) < 4.78 is 0. The summed E-state index contributed by atoms with van der Waals surface area (Å²) in [6, 6.07) is 11.0. The smallest absolute Gasteiger partial charge is 0.110 e. The van der Waals surface area contributed by atoms with Crippen molar-refractivity contribution in [3.63, 3.8) is 0 Å². The molecule has 1 N–H and O–H groups in total. The standard InChI is InChI=1S/C16H20N2S/c1-17-14(11-12-7-3-2-4-8-12)16-18-13-9-5-6-10-15(13)19-16/h2-4,7-8,14,17H,5-6,9-11H2,1H3. The lowest BCUT2D eigenvalue weighted by Gasteiger charge is -2.13. The number of fused-ring (bicyclic) bond motifs is 1. The third-order valence-electron chi connectivity index (χ3n) is 3.79. The minimum atomic E-state index is 0.345. The van der Waals surface area contributed by atoms with Crippen LogP contribution >= 0.6 is 11.3 Å². The Morgan fingerprint density at radius 2 is 2.00 bits per heavy atom. The molecule has 19 heavy (non-hydrogen) atoms. The van der Waals surface area contributed by atoms with E-state index < -0.39 is 0 Å². The van der Waals surface area contributed by atoms with Gasteiger partial charge in [-0.15, -0.1) is 11.3 Å². The summed E-state index contributed by atoms with van der Waals surface area (Å²) in [4.78, 5) is 6.40. The molecular weight excluding hydrogens is 252 g/mol. The first-order chi connectivity index (χ1) is 9.36. The Balaban J connectivity index is 1.80. The lowest BCUT2D eigenvalue weighted by molar-refractivity contribution is 0.584. The van der Waals surface area contributed by atoms with Crippen LogP contribution in [0.4, 0.5) is 0 Å². The van der Waals surface area contributed by atoms with E-state index in [0.717, 1.165) is 6.42 Å². The van der Waals surface area contributed by atoms with Crippen LogP contribution in [0.15, 0.2) is 30.3 Å². The van der Waals surface area contributed by atoms with Crippen LogP contribution in [0.1, 0.15) is 40.0 Å². The molecule has 0 saturated carbocycles. The highest BCUT2D eigenvalue weighted by Gasteiger charge is 2.20. The van der Waals surface area contributed by atoms with E-state index >= 15 is 0 Å². The van der Waals surface area contributed by atoms with Gasteiger partial charge in [-0.2, -0.15) is 0 Å². The number of likely N-dealkylation sites (N-methyl/N-ethyl adjacent to an activating group) is 1. The largest absolute Gasteiger partial charge is 0.311 e. The summed E-state index contributed by atoms with van der Waals surface area (Å²) in [5.41, 5.74) is 2.73. The van der Waals surface area contributed by atoms with Crippen molar-refractivity contribution in [3.05, 3.63) is 51.5 Å². The second-order valence-corrected chi connectivity index (χ2v) is 6.28. The maximum absolute atomic E-state index is 4.87. The summed E-state index contributed by atoms with van der Waals surface area (Å²) in [5.74, 6) is 0. The predicted octanol–water partition coefficient (Wildman–Crippen LogP) is 3.53. The summed E-state index contributed by atoms with van der Waals surface area (Å²) >= 11 is 1.91. The monoisotopic (exact) mass is 272 g/mol. The number of hydrogen-bond acceptors (Lipinski definition) is 3. The number of aryl methyl sites for hydroxylation is 2. The van der Waals surface area contributed by atoms with E-state index in [1.807, 2.05) is 18.4 Å². The zero-order valence-electron chi connectivity index (χ0n) is 11.4. The lowest BCUT2D eigenvalue weighted by atomic mass is 10.0. The topological polar surface area (TPSA) is 24.9 Å². The first-order valence-electron chi connectivity index (χ1n) is 7.06. The summed E-state index contributed by atoms with van der Waals surface area (Å²) in [6.07, 6.45) is 6.06. The molecule has 0 fully saturated rings. The summed E-state index contributed by atoms with van der Waals surface area (Å²) in [6.45, 7) is 0. The first-order valence-corrected chi connectivity index (χ1v) is 7.88. The Bertz CT molecular complexity index is 509. The van der Waals surface area contributed by atoms with Crippen molar-refractivity contribution in [1.29, 1.82) is 0 Å². The minimum Gasteiger partial charge on any atom is -0.311 e. The molecule has 1 aliphatic carbocycles. The van der Waals surface area contributed by atoms with E-state index in [1.54, 1.807) is 0 Å². The van der Waals surface area contributed by atoms with Gasteiger partial charge in [-0.1, -0.05) is 30.3 Å². The van der Waals surface area contributed by atoms with Crippen LogP contribution in [-0.2, 0) is 19.3 Å². The number of hydrogen-bond donors (Lipinski definition) is 1. The first kappa shape index (κ1) is 12.8. The molecule has 0 amide bonds. The minimum absolute atomic E-state index is 0.345. The van der Waals surface area contributed by atoms with Gasteiger partial charge in [-0.05, 0) is 44.7 Å². The van der Waals surface area contributed by atoms with Crippen LogP contribution in [0.2, 0.25) is 0 Å². The molecule has 3 heteroatoms. The van der Waals surface area contributed by atoms with E-state index in [2.05, 4.69) is 35.6 Å². The maximum atomic E-state index is 4.87. The van der Waals surface area contributed by atoms with Crippen molar-refractivity contribution in [2.45, 2.75) is 38.1 Å². The second-order valence-electron chi connectivity index (χ2n) is 5.16. The zero-order chi connectivity index (χ0) is 13.1. The fraction of sp³-hybridized carbons (Fsp3) is 0.438. The summed E-state index contributed by atoms with van der Waals surface area (Å²) in [5, 5.41) is 4.69. The van der Waals surface area contributed by atoms with Gasteiger partial charge in [-0.3, -0.25) is 0 Å². The molecular formula is C16H20N2S. The Morgan fingerprint density at radius 3 is 2.74 bits per heavy atom. The SMILES string of the molecule is CNC(Cc1ccccc1)c1nc2c(s1)CCCC2. The van der Waals surface area contributed by atoms with Gasteiger partial charge in [0.2, 0.25) is 0 Å². The fourth-order valence-corrected chi connectivity index (χ4v) is 3.95. The average Bonchev–Trinajstić information content (AvgIpc) is 2.89.